The molecule has 0 aromatic heterocycles. The maximum atomic E-state index is 12.2. The summed E-state index contributed by atoms with van der Waals surface area (Å²) in [7, 11) is 0. The number of carboxylic acid groups (broad SMARTS) is 1. The quantitative estimate of drug-likeness (QED) is 0.817. The zero-order valence-electron chi connectivity index (χ0n) is 12.2. The Morgan fingerprint density at radius 2 is 1.95 bits per heavy atom. The van der Waals surface area contributed by atoms with Gasteiger partial charge in [0.05, 0.1) is 11.8 Å². The van der Waals surface area contributed by atoms with E-state index in [4.69, 9.17) is 0 Å². The lowest BCUT2D eigenvalue weighted by atomic mass is 9.82. The van der Waals surface area contributed by atoms with Crippen molar-refractivity contribution in [2.45, 2.75) is 26.2 Å². The maximum Gasteiger partial charge on any atom is 0.307 e. The Morgan fingerprint density at radius 1 is 1.24 bits per heavy atom. The first-order valence-electron chi connectivity index (χ1n) is 7.29. The van der Waals surface area contributed by atoms with E-state index in [1.807, 2.05) is 37.3 Å². The van der Waals surface area contributed by atoms with Crippen molar-refractivity contribution in [2.75, 3.05) is 6.54 Å². The van der Waals surface area contributed by atoms with Crippen LogP contribution in [0, 0.1) is 18.8 Å². The minimum absolute atomic E-state index is 0.153. The highest BCUT2D eigenvalue weighted by Crippen LogP contribution is 2.25. The number of allylic oxidation sites excluding steroid dienone is 2. The predicted octanol–water partition coefficient (Wildman–Crippen LogP) is 2.32. The number of hydrogen-bond donors (Lipinski definition) is 2. The van der Waals surface area contributed by atoms with Crippen LogP contribution in [-0.4, -0.2) is 23.5 Å². The normalized spacial score (nSPS) is 21.0. The number of carbonyl (C=O) groups excluding carboxylic acids is 1. The van der Waals surface area contributed by atoms with E-state index in [2.05, 4.69) is 11.4 Å². The fourth-order valence-electron chi connectivity index (χ4n) is 2.71. The van der Waals surface area contributed by atoms with Crippen LogP contribution in [0.25, 0.3) is 0 Å². The monoisotopic (exact) mass is 287 g/mol. The molecule has 0 bridgehead atoms. The van der Waals surface area contributed by atoms with E-state index in [0.29, 0.717) is 19.4 Å². The van der Waals surface area contributed by atoms with Crippen molar-refractivity contribution >= 4 is 11.9 Å². The number of carboxylic acids is 1. The molecule has 2 unspecified atom stereocenters. The van der Waals surface area contributed by atoms with Crippen LogP contribution in [0.2, 0.25) is 0 Å². The van der Waals surface area contributed by atoms with Gasteiger partial charge in [0.15, 0.2) is 0 Å². The molecule has 2 atom stereocenters. The molecule has 0 radical (unpaired) electrons. The largest absolute Gasteiger partial charge is 0.481 e. The van der Waals surface area contributed by atoms with E-state index in [9.17, 15) is 14.7 Å². The molecule has 21 heavy (non-hydrogen) atoms. The van der Waals surface area contributed by atoms with Crippen LogP contribution in [0.5, 0.6) is 0 Å². The number of nitrogens with one attached hydrogen (secondary N) is 1. The highest BCUT2D eigenvalue weighted by Gasteiger charge is 2.33. The zero-order chi connectivity index (χ0) is 15.2. The number of aryl methyl sites for hydroxylation is 1. The molecule has 4 heteroatoms. The van der Waals surface area contributed by atoms with Gasteiger partial charge >= 0.3 is 5.97 Å². The second-order valence-electron chi connectivity index (χ2n) is 5.52. The molecular formula is C17H21NO3. The SMILES string of the molecule is Cc1cccc(CCNC(=O)C2CC=CCC2C(=O)O)c1. The van der Waals surface area contributed by atoms with Gasteiger partial charge in [0.2, 0.25) is 5.91 Å². The van der Waals surface area contributed by atoms with Crippen LogP contribution in [0.4, 0.5) is 0 Å². The second-order valence-corrected chi connectivity index (χ2v) is 5.52. The highest BCUT2D eigenvalue weighted by atomic mass is 16.4. The Kier molecular flexibility index (Phi) is 5.14. The van der Waals surface area contributed by atoms with Crippen molar-refractivity contribution in [3.8, 4) is 0 Å². The number of amides is 1. The number of carbonyl (C=O) groups is 2. The van der Waals surface area contributed by atoms with E-state index in [1.165, 1.54) is 11.1 Å². The third-order valence-corrected chi connectivity index (χ3v) is 3.88. The summed E-state index contributed by atoms with van der Waals surface area (Å²) in [5.41, 5.74) is 2.37. The Labute approximate surface area is 124 Å². The lowest BCUT2D eigenvalue weighted by molar-refractivity contribution is -0.147. The molecular weight excluding hydrogens is 266 g/mol. The minimum Gasteiger partial charge on any atom is -0.481 e. The molecule has 1 aromatic carbocycles. The van der Waals surface area contributed by atoms with Gasteiger partial charge in [-0.05, 0) is 31.7 Å². The number of aliphatic carboxylic acids is 1. The van der Waals surface area contributed by atoms with E-state index >= 15 is 0 Å². The van der Waals surface area contributed by atoms with Crippen LogP contribution in [-0.2, 0) is 16.0 Å². The van der Waals surface area contributed by atoms with Gasteiger partial charge in [-0.3, -0.25) is 9.59 Å². The van der Waals surface area contributed by atoms with Crippen molar-refractivity contribution < 1.29 is 14.7 Å². The Balaban J connectivity index is 1.86. The van der Waals surface area contributed by atoms with E-state index in [-0.39, 0.29) is 5.91 Å². The van der Waals surface area contributed by atoms with Gasteiger partial charge in [0.1, 0.15) is 0 Å². The van der Waals surface area contributed by atoms with E-state index in [0.717, 1.165) is 6.42 Å². The van der Waals surface area contributed by atoms with Gasteiger partial charge in [-0.25, -0.2) is 0 Å². The van der Waals surface area contributed by atoms with Gasteiger partial charge in [0, 0.05) is 6.54 Å². The first-order chi connectivity index (χ1) is 10.1. The van der Waals surface area contributed by atoms with Crippen molar-refractivity contribution in [3.05, 3.63) is 47.5 Å². The standard InChI is InChI=1S/C17H21NO3/c1-12-5-4-6-13(11-12)9-10-18-16(19)14-7-2-3-8-15(14)17(20)21/h2-6,11,14-15H,7-10H2,1H3,(H,18,19)(H,20,21). The molecule has 0 saturated carbocycles. The average Bonchev–Trinajstić information content (AvgIpc) is 2.47. The topological polar surface area (TPSA) is 66.4 Å². The summed E-state index contributed by atoms with van der Waals surface area (Å²) in [6.45, 7) is 2.57. The molecule has 4 nitrogen and oxygen atoms in total. The maximum absolute atomic E-state index is 12.2. The minimum atomic E-state index is -0.891. The first-order valence-corrected chi connectivity index (χ1v) is 7.29. The summed E-state index contributed by atoms with van der Waals surface area (Å²) in [4.78, 5) is 23.3. The number of rotatable bonds is 5. The molecule has 0 spiro atoms. The van der Waals surface area contributed by atoms with Crippen LogP contribution >= 0.6 is 0 Å². The van der Waals surface area contributed by atoms with Gasteiger partial charge in [-0.1, -0.05) is 42.0 Å². The molecule has 112 valence electrons. The molecule has 0 aliphatic heterocycles. The summed E-state index contributed by atoms with van der Waals surface area (Å²) >= 11 is 0. The molecule has 2 rings (SSSR count). The molecule has 0 fully saturated rings. The Hall–Kier alpha value is -2.10. The molecule has 1 amide bonds. The van der Waals surface area contributed by atoms with Gasteiger partial charge < -0.3 is 10.4 Å². The molecule has 1 aliphatic carbocycles. The van der Waals surface area contributed by atoms with Crippen LogP contribution in [0.3, 0.4) is 0 Å². The lowest BCUT2D eigenvalue weighted by Crippen LogP contribution is -2.39. The molecule has 1 aromatic rings. The lowest BCUT2D eigenvalue weighted by Gasteiger charge is -2.24. The molecule has 0 heterocycles. The predicted molar refractivity (Wildman–Crippen MR) is 80.9 cm³/mol. The Morgan fingerprint density at radius 3 is 2.62 bits per heavy atom. The first kappa shape index (κ1) is 15.3. The van der Waals surface area contributed by atoms with Crippen LogP contribution < -0.4 is 5.32 Å². The van der Waals surface area contributed by atoms with Gasteiger partial charge in [-0.2, -0.15) is 0 Å². The van der Waals surface area contributed by atoms with Crippen molar-refractivity contribution in [3.63, 3.8) is 0 Å². The summed E-state index contributed by atoms with van der Waals surface area (Å²) in [6, 6.07) is 8.16. The molecule has 0 saturated heterocycles. The zero-order valence-corrected chi connectivity index (χ0v) is 12.2. The van der Waals surface area contributed by atoms with Gasteiger partial charge in [-0.15, -0.1) is 0 Å². The summed E-state index contributed by atoms with van der Waals surface area (Å²) in [5.74, 6) is -2.10. The Bertz CT molecular complexity index is 551. The van der Waals surface area contributed by atoms with Gasteiger partial charge in [0.25, 0.3) is 0 Å². The summed E-state index contributed by atoms with van der Waals surface area (Å²) in [5, 5.41) is 12.0. The fraction of sp³-hybridized carbons (Fsp3) is 0.412. The highest BCUT2D eigenvalue weighted by molar-refractivity contribution is 5.85. The molecule has 1 aliphatic rings. The average molecular weight is 287 g/mol. The van der Waals surface area contributed by atoms with Crippen LogP contribution in [0.1, 0.15) is 24.0 Å². The smallest absolute Gasteiger partial charge is 0.307 e. The number of benzene rings is 1. The summed E-state index contributed by atoms with van der Waals surface area (Å²) < 4.78 is 0. The third-order valence-electron chi connectivity index (χ3n) is 3.88. The van der Waals surface area contributed by atoms with Crippen molar-refractivity contribution in [1.29, 1.82) is 0 Å². The molecule has 2 N–H and O–H groups in total. The van der Waals surface area contributed by atoms with Crippen molar-refractivity contribution in [2.24, 2.45) is 11.8 Å². The third kappa shape index (κ3) is 4.18. The van der Waals surface area contributed by atoms with Crippen LogP contribution in [0.15, 0.2) is 36.4 Å². The second kappa shape index (κ2) is 7.07. The number of hydrogen-bond acceptors (Lipinski definition) is 2. The van der Waals surface area contributed by atoms with E-state index in [1.54, 1.807) is 0 Å². The fourth-order valence-corrected chi connectivity index (χ4v) is 2.71. The summed E-state index contributed by atoms with van der Waals surface area (Å²) in [6.07, 6.45) is 5.44. The van der Waals surface area contributed by atoms with E-state index < -0.39 is 17.8 Å². The van der Waals surface area contributed by atoms with Crippen molar-refractivity contribution in [1.82, 2.24) is 5.32 Å².